The minimum atomic E-state index is -1.07. The Balaban J connectivity index is 2.00. The maximum Gasteiger partial charge on any atom is 0.330 e. The molecule has 7 nitrogen and oxygen atoms in total. The highest BCUT2D eigenvalue weighted by Crippen LogP contribution is 2.44. The van der Waals surface area contributed by atoms with Gasteiger partial charge in [-0.2, -0.15) is 0 Å². The van der Waals surface area contributed by atoms with Crippen molar-refractivity contribution in [2.45, 2.75) is 45.6 Å². The highest BCUT2D eigenvalue weighted by atomic mass is 16.2. The molecule has 1 saturated heterocycles. The third kappa shape index (κ3) is 2.39. The Morgan fingerprint density at radius 2 is 2.00 bits per heavy atom. The molecule has 2 fully saturated rings. The molecule has 0 aromatic carbocycles. The van der Waals surface area contributed by atoms with Crippen LogP contribution in [0, 0.1) is 5.41 Å². The van der Waals surface area contributed by atoms with Gasteiger partial charge in [-0.15, -0.1) is 0 Å². The van der Waals surface area contributed by atoms with E-state index in [9.17, 15) is 19.2 Å². The summed E-state index contributed by atoms with van der Waals surface area (Å²) < 4.78 is 0. The van der Waals surface area contributed by atoms with Crippen LogP contribution >= 0.6 is 0 Å². The van der Waals surface area contributed by atoms with E-state index in [0.29, 0.717) is 12.8 Å². The summed E-state index contributed by atoms with van der Waals surface area (Å²) in [6, 6.07) is -0.720. The third-order valence-corrected chi connectivity index (χ3v) is 3.77. The van der Waals surface area contributed by atoms with Crippen molar-refractivity contribution in [3.05, 3.63) is 0 Å². The van der Waals surface area contributed by atoms with Crippen LogP contribution in [0.5, 0.6) is 0 Å². The van der Waals surface area contributed by atoms with Gasteiger partial charge < -0.3 is 5.32 Å². The second-order valence-electron chi connectivity index (χ2n) is 5.62. The third-order valence-electron chi connectivity index (χ3n) is 3.77. The molecular weight excluding hydrogens is 262 g/mol. The van der Waals surface area contributed by atoms with E-state index >= 15 is 0 Å². The number of hydrogen-bond acceptors (Lipinski definition) is 4. The van der Waals surface area contributed by atoms with Crippen molar-refractivity contribution >= 4 is 23.8 Å². The number of rotatable bonds is 4. The first kappa shape index (κ1) is 14.5. The molecule has 7 heteroatoms. The van der Waals surface area contributed by atoms with Gasteiger partial charge in [0.1, 0.15) is 5.41 Å². The molecule has 5 amide bonds. The van der Waals surface area contributed by atoms with E-state index < -0.39 is 23.3 Å². The second kappa shape index (κ2) is 5.22. The maximum absolute atomic E-state index is 12.3. The zero-order chi connectivity index (χ0) is 14.9. The van der Waals surface area contributed by atoms with Gasteiger partial charge in [0.25, 0.3) is 0 Å². The zero-order valence-electron chi connectivity index (χ0n) is 11.7. The van der Waals surface area contributed by atoms with Gasteiger partial charge in [0.15, 0.2) is 0 Å². The summed E-state index contributed by atoms with van der Waals surface area (Å²) in [6.07, 6.45) is 1.79. The number of imide groups is 2. The molecule has 0 bridgehead atoms. The van der Waals surface area contributed by atoms with E-state index in [1.165, 1.54) is 0 Å². The molecule has 0 radical (unpaired) electrons. The molecule has 0 unspecified atom stereocenters. The Morgan fingerprint density at radius 1 is 1.35 bits per heavy atom. The standard InChI is InChI=1S/C13H19N3O4/c1-8(2)14-9(17)4-7-16-11(19)13(5-3-6-13)10(18)15-12(16)20/h8H,3-7H2,1-2H3,(H,14,17)(H,15,18,20). The average molecular weight is 281 g/mol. The van der Waals surface area contributed by atoms with Gasteiger partial charge in [0, 0.05) is 19.0 Å². The zero-order valence-corrected chi connectivity index (χ0v) is 11.7. The van der Waals surface area contributed by atoms with Crippen molar-refractivity contribution in [3.8, 4) is 0 Å². The molecule has 2 N–H and O–H groups in total. The maximum atomic E-state index is 12.3. The number of nitrogens with one attached hydrogen (secondary N) is 2. The lowest BCUT2D eigenvalue weighted by Crippen LogP contribution is -2.66. The number of nitrogens with zero attached hydrogens (tertiary/aromatic N) is 1. The fraction of sp³-hybridized carbons (Fsp3) is 0.692. The van der Waals surface area contributed by atoms with Gasteiger partial charge in [0.2, 0.25) is 17.7 Å². The normalized spacial score (nSPS) is 20.9. The molecule has 0 aromatic rings. The molecule has 20 heavy (non-hydrogen) atoms. The van der Waals surface area contributed by atoms with Crippen LogP contribution in [-0.4, -0.2) is 41.2 Å². The largest absolute Gasteiger partial charge is 0.354 e. The van der Waals surface area contributed by atoms with E-state index in [4.69, 9.17) is 0 Å². The van der Waals surface area contributed by atoms with E-state index in [1.807, 2.05) is 13.8 Å². The van der Waals surface area contributed by atoms with E-state index in [0.717, 1.165) is 11.3 Å². The van der Waals surface area contributed by atoms with E-state index in [2.05, 4.69) is 10.6 Å². The van der Waals surface area contributed by atoms with Gasteiger partial charge in [-0.05, 0) is 26.7 Å². The SMILES string of the molecule is CC(C)NC(=O)CCN1C(=O)NC(=O)C2(CCC2)C1=O. The molecule has 1 aliphatic carbocycles. The predicted octanol–water partition coefficient (Wildman–Crippen LogP) is 0.150. The second-order valence-corrected chi connectivity index (χ2v) is 5.62. The Morgan fingerprint density at radius 3 is 2.50 bits per heavy atom. The summed E-state index contributed by atoms with van der Waals surface area (Å²) >= 11 is 0. The summed E-state index contributed by atoms with van der Waals surface area (Å²) in [5.41, 5.74) is -1.07. The molecule has 0 atom stereocenters. The topological polar surface area (TPSA) is 95.6 Å². The van der Waals surface area contributed by atoms with Crippen molar-refractivity contribution in [1.29, 1.82) is 0 Å². The van der Waals surface area contributed by atoms with Gasteiger partial charge in [-0.25, -0.2) is 4.79 Å². The molecule has 2 aliphatic rings. The summed E-state index contributed by atoms with van der Waals surface area (Å²) in [6.45, 7) is 3.66. The van der Waals surface area contributed by atoms with Crippen molar-refractivity contribution < 1.29 is 19.2 Å². The van der Waals surface area contributed by atoms with Gasteiger partial charge in [-0.1, -0.05) is 6.42 Å². The van der Waals surface area contributed by atoms with E-state index in [-0.39, 0.29) is 24.9 Å². The molecule has 1 heterocycles. The smallest absolute Gasteiger partial charge is 0.330 e. The van der Waals surface area contributed by atoms with Crippen LogP contribution in [0.15, 0.2) is 0 Å². The lowest BCUT2D eigenvalue weighted by atomic mass is 9.66. The van der Waals surface area contributed by atoms with Crippen LogP contribution in [0.4, 0.5) is 4.79 Å². The first-order chi connectivity index (χ1) is 9.36. The van der Waals surface area contributed by atoms with Crippen molar-refractivity contribution in [2.75, 3.05) is 6.54 Å². The number of urea groups is 1. The Bertz CT molecular complexity index is 468. The summed E-state index contributed by atoms with van der Waals surface area (Å²) in [5, 5.41) is 4.91. The molecular formula is C13H19N3O4. The van der Waals surface area contributed by atoms with Crippen molar-refractivity contribution in [1.82, 2.24) is 15.5 Å². The molecule has 0 aromatic heterocycles. The summed E-state index contributed by atoms with van der Waals surface area (Å²) in [4.78, 5) is 48.4. The number of carbonyl (C=O) groups is 4. The first-order valence-corrected chi connectivity index (χ1v) is 6.83. The number of amides is 5. The van der Waals surface area contributed by atoms with Gasteiger partial charge in [0.05, 0.1) is 0 Å². The first-order valence-electron chi connectivity index (χ1n) is 6.83. The van der Waals surface area contributed by atoms with Gasteiger partial charge >= 0.3 is 6.03 Å². The molecule has 1 aliphatic heterocycles. The highest BCUT2D eigenvalue weighted by molar-refractivity contribution is 6.19. The van der Waals surface area contributed by atoms with Crippen LogP contribution < -0.4 is 10.6 Å². The molecule has 2 rings (SSSR count). The monoisotopic (exact) mass is 281 g/mol. The number of carbonyl (C=O) groups excluding carboxylic acids is 4. The Kier molecular flexibility index (Phi) is 3.78. The highest BCUT2D eigenvalue weighted by Gasteiger charge is 2.57. The Hall–Kier alpha value is -1.92. The van der Waals surface area contributed by atoms with Crippen molar-refractivity contribution in [2.24, 2.45) is 5.41 Å². The van der Waals surface area contributed by atoms with Crippen LogP contribution in [0.2, 0.25) is 0 Å². The average Bonchev–Trinajstić information content (AvgIpc) is 2.25. The summed E-state index contributed by atoms with van der Waals surface area (Å²) in [7, 11) is 0. The number of barbiturate groups is 1. The fourth-order valence-electron chi connectivity index (χ4n) is 2.51. The van der Waals surface area contributed by atoms with Crippen LogP contribution in [0.1, 0.15) is 39.5 Å². The van der Waals surface area contributed by atoms with Crippen molar-refractivity contribution in [3.63, 3.8) is 0 Å². The predicted molar refractivity (Wildman–Crippen MR) is 69.4 cm³/mol. The Labute approximate surface area is 117 Å². The molecule has 1 saturated carbocycles. The minimum absolute atomic E-state index is 0.00174. The quantitative estimate of drug-likeness (QED) is 0.717. The summed E-state index contributed by atoms with van der Waals surface area (Å²) in [5.74, 6) is -1.18. The lowest BCUT2D eigenvalue weighted by molar-refractivity contribution is -0.157. The van der Waals surface area contributed by atoms with E-state index in [1.54, 1.807) is 0 Å². The molecule has 110 valence electrons. The fourth-order valence-corrected chi connectivity index (χ4v) is 2.51. The molecule has 1 spiro atoms. The van der Waals surface area contributed by atoms with Crippen LogP contribution in [-0.2, 0) is 14.4 Å². The van der Waals surface area contributed by atoms with Gasteiger partial charge in [-0.3, -0.25) is 24.6 Å². The van der Waals surface area contributed by atoms with Crippen LogP contribution in [0.25, 0.3) is 0 Å². The van der Waals surface area contributed by atoms with Crippen LogP contribution in [0.3, 0.4) is 0 Å². The minimum Gasteiger partial charge on any atom is -0.354 e. The number of hydrogen-bond donors (Lipinski definition) is 2. The lowest BCUT2D eigenvalue weighted by Gasteiger charge is -2.44.